The number of hydrogen-bond acceptors (Lipinski definition) is 7. The SMILES string of the molecule is CN1CCC(Oc2cccc3ncnc(Nc4ccc(Sc5ccccn5)c(Cl)c4)c23)CC1.Cl. The van der Waals surface area contributed by atoms with Crippen molar-refractivity contribution in [2.45, 2.75) is 28.9 Å². The summed E-state index contributed by atoms with van der Waals surface area (Å²) < 4.78 is 6.42. The zero-order valence-corrected chi connectivity index (χ0v) is 21.0. The van der Waals surface area contributed by atoms with Gasteiger partial charge in [0, 0.05) is 29.9 Å². The van der Waals surface area contributed by atoms with Crippen molar-refractivity contribution >= 4 is 58.2 Å². The van der Waals surface area contributed by atoms with Crippen LogP contribution in [0.2, 0.25) is 5.02 Å². The van der Waals surface area contributed by atoms with Gasteiger partial charge in [-0.1, -0.05) is 35.5 Å². The largest absolute Gasteiger partial charge is 0.489 e. The van der Waals surface area contributed by atoms with Crippen molar-refractivity contribution in [2.75, 3.05) is 25.5 Å². The van der Waals surface area contributed by atoms with Crippen molar-refractivity contribution < 1.29 is 4.74 Å². The second-order valence-electron chi connectivity index (χ2n) is 8.03. The first-order valence-corrected chi connectivity index (χ1v) is 12.1. The number of anilines is 2. The summed E-state index contributed by atoms with van der Waals surface area (Å²) in [6.07, 6.45) is 5.55. The van der Waals surface area contributed by atoms with E-state index in [0.29, 0.717) is 10.8 Å². The molecule has 5 rings (SSSR count). The molecule has 1 N–H and O–H groups in total. The minimum absolute atomic E-state index is 0. The van der Waals surface area contributed by atoms with E-state index in [1.54, 1.807) is 12.5 Å². The second-order valence-corrected chi connectivity index (χ2v) is 9.50. The summed E-state index contributed by atoms with van der Waals surface area (Å²) >= 11 is 8.12. The van der Waals surface area contributed by atoms with Gasteiger partial charge in [0.1, 0.15) is 29.0 Å². The van der Waals surface area contributed by atoms with Crippen LogP contribution in [-0.4, -0.2) is 46.1 Å². The van der Waals surface area contributed by atoms with Gasteiger partial charge < -0.3 is 15.0 Å². The minimum Gasteiger partial charge on any atom is -0.489 e. The Hall–Kier alpha value is -2.58. The number of rotatable bonds is 6. The smallest absolute Gasteiger partial charge is 0.145 e. The maximum absolute atomic E-state index is 6.59. The van der Waals surface area contributed by atoms with Gasteiger partial charge in [-0.05, 0) is 62.4 Å². The summed E-state index contributed by atoms with van der Waals surface area (Å²) in [6, 6.07) is 17.7. The van der Waals surface area contributed by atoms with Gasteiger partial charge in [-0.15, -0.1) is 12.4 Å². The van der Waals surface area contributed by atoms with Crippen LogP contribution >= 0.6 is 35.8 Å². The number of ether oxygens (including phenoxy) is 1. The monoisotopic (exact) mass is 513 g/mol. The Morgan fingerprint density at radius 2 is 1.88 bits per heavy atom. The molecule has 0 bridgehead atoms. The van der Waals surface area contributed by atoms with Gasteiger partial charge >= 0.3 is 0 Å². The Labute approximate surface area is 214 Å². The summed E-state index contributed by atoms with van der Waals surface area (Å²) in [4.78, 5) is 16.6. The fraction of sp³-hybridized carbons (Fsp3) is 0.240. The number of piperidine rings is 1. The molecule has 9 heteroatoms. The average Bonchev–Trinajstić information content (AvgIpc) is 2.83. The molecule has 4 aromatic rings. The number of pyridine rings is 1. The quantitative estimate of drug-likeness (QED) is 0.317. The predicted molar refractivity (Wildman–Crippen MR) is 141 cm³/mol. The fourth-order valence-electron chi connectivity index (χ4n) is 3.87. The van der Waals surface area contributed by atoms with Gasteiger partial charge in [0.15, 0.2) is 0 Å². The van der Waals surface area contributed by atoms with E-state index in [9.17, 15) is 0 Å². The van der Waals surface area contributed by atoms with E-state index in [1.807, 2.05) is 54.6 Å². The first kappa shape index (κ1) is 24.5. The lowest BCUT2D eigenvalue weighted by molar-refractivity contribution is 0.116. The van der Waals surface area contributed by atoms with Crippen molar-refractivity contribution in [1.29, 1.82) is 0 Å². The molecular weight excluding hydrogens is 489 g/mol. The van der Waals surface area contributed by atoms with E-state index in [-0.39, 0.29) is 18.5 Å². The zero-order chi connectivity index (χ0) is 22.6. The molecule has 6 nitrogen and oxygen atoms in total. The zero-order valence-electron chi connectivity index (χ0n) is 18.6. The number of likely N-dealkylation sites (tertiary alicyclic amines) is 1. The molecule has 2 aromatic heterocycles. The number of aromatic nitrogens is 3. The summed E-state index contributed by atoms with van der Waals surface area (Å²) in [5.74, 6) is 1.50. The molecule has 1 aliphatic rings. The highest BCUT2D eigenvalue weighted by Gasteiger charge is 2.20. The Morgan fingerprint density at radius 1 is 1.03 bits per heavy atom. The van der Waals surface area contributed by atoms with Gasteiger partial charge in [0.25, 0.3) is 0 Å². The van der Waals surface area contributed by atoms with Crippen molar-refractivity contribution in [3.8, 4) is 5.75 Å². The van der Waals surface area contributed by atoms with Crippen LogP contribution in [0.15, 0.2) is 77.0 Å². The number of hydrogen-bond donors (Lipinski definition) is 1. The topological polar surface area (TPSA) is 63.2 Å². The first-order chi connectivity index (χ1) is 16.2. The second kappa shape index (κ2) is 11.2. The number of nitrogens with one attached hydrogen (secondary N) is 1. The molecule has 3 heterocycles. The van der Waals surface area contributed by atoms with Crippen LogP contribution in [0.1, 0.15) is 12.8 Å². The standard InChI is InChI=1S/C25H24ClN5OS.ClH/c1-31-13-10-18(11-14-31)32-21-6-4-5-20-24(21)25(29-16-28-20)30-17-8-9-22(19(26)15-17)33-23-7-2-3-12-27-23;/h2-9,12,15-16,18H,10-11,13-14H2,1H3,(H,28,29,30);1H. The Balaban J connectivity index is 0.00000274. The maximum atomic E-state index is 6.59. The summed E-state index contributed by atoms with van der Waals surface area (Å²) in [6.45, 7) is 2.08. The molecule has 0 atom stereocenters. The van der Waals surface area contributed by atoms with Gasteiger partial charge in [0.2, 0.25) is 0 Å². The molecule has 0 radical (unpaired) electrons. The van der Waals surface area contributed by atoms with Crippen molar-refractivity contribution in [3.63, 3.8) is 0 Å². The van der Waals surface area contributed by atoms with Crippen LogP contribution < -0.4 is 10.1 Å². The molecule has 1 fully saturated rings. The van der Waals surface area contributed by atoms with Crippen LogP contribution in [0.25, 0.3) is 10.9 Å². The molecule has 1 aliphatic heterocycles. The summed E-state index contributed by atoms with van der Waals surface area (Å²) in [7, 11) is 2.15. The average molecular weight is 514 g/mol. The highest BCUT2D eigenvalue weighted by molar-refractivity contribution is 7.99. The highest BCUT2D eigenvalue weighted by atomic mass is 35.5. The lowest BCUT2D eigenvalue weighted by Gasteiger charge is -2.29. The third-order valence-electron chi connectivity index (χ3n) is 5.63. The van der Waals surface area contributed by atoms with Crippen LogP contribution in [0.4, 0.5) is 11.5 Å². The molecule has 0 saturated carbocycles. The first-order valence-electron chi connectivity index (χ1n) is 10.9. The van der Waals surface area contributed by atoms with Gasteiger partial charge in [-0.3, -0.25) is 0 Å². The lowest BCUT2D eigenvalue weighted by Crippen LogP contribution is -2.35. The maximum Gasteiger partial charge on any atom is 0.145 e. The van der Waals surface area contributed by atoms with E-state index in [1.165, 1.54) is 11.8 Å². The molecule has 1 saturated heterocycles. The Bertz CT molecular complexity index is 1250. The number of halogens is 2. The Kier molecular flexibility index (Phi) is 8.11. The van der Waals surface area contributed by atoms with Gasteiger partial charge in [0.05, 0.1) is 15.9 Å². The molecule has 2 aromatic carbocycles. The van der Waals surface area contributed by atoms with E-state index in [4.69, 9.17) is 16.3 Å². The van der Waals surface area contributed by atoms with Crippen LogP contribution in [-0.2, 0) is 0 Å². The molecule has 176 valence electrons. The van der Waals surface area contributed by atoms with Gasteiger partial charge in [-0.2, -0.15) is 0 Å². The number of benzene rings is 2. The third-order valence-corrected chi connectivity index (χ3v) is 7.08. The van der Waals surface area contributed by atoms with Crippen LogP contribution in [0, 0.1) is 0 Å². The van der Waals surface area contributed by atoms with Crippen LogP contribution in [0.3, 0.4) is 0 Å². The van der Waals surface area contributed by atoms with Crippen molar-refractivity contribution in [2.24, 2.45) is 0 Å². The van der Waals surface area contributed by atoms with E-state index in [2.05, 4.69) is 32.2 Å². The van der Waals surface area contributed by atoms with E-state index < -0.39 is 0 Å². The lowest BCUT2D eigenvalue weighted by atomic mass is 10.1. The molecule has 0 spiro atoms. The molecule has 0 aliphatic carbocycles. The normalized spacial score (nSPS) is 14.5. The molecule has 0 unspecified atom stereocenters. The summed E-state index contributed by atoms with van der Waals surface area (Å²) in [5.41, 5.74) is 1.69. The predicted octanol–water partition coefficient (Wildman–Crippen LogP) is 6.47. The fourth-order valence-corrected chi connectivity index (χ4v) is 4.95. The van der Waals surface area contributed by atoms with Crippen molar-refractivity contribution in [3.05, 3.63) is 72.1 Å². The molecule has 34 heavy (non-hydrogen) atoms. The van der Waals surface area contributed by atoms with E-state index >= 15 is 0 Å². The summed E-state index contributed by atoms with van der Waals surface area (Å²) in [5, 5.41) is 5.84. The molecular formula is C25H25Cl2N5OS. The highest BCUT2D eigenvalue weighted by Crippen LogP contribution is 2.36. The Morgan fingerprint density at radius 3 is 2.65 bits per heavy atom. The third kappa shape index (κ3) is 5.73. The number of nitrogens with zero attached hydrogens (tertiary/aromatic N) is 4. The minimum atomic E-state index is 0. The van der Waals surface area contributed by atoms with Crippen molar-refractivity contribution in [1.82, 2.24) is 19.9 Å². The molecule has 0 amide bonds. The van der Waals surface area contributed by atoms with E-state index in [0.717, 1.165) is 58.2 Å². The number of fused-ring (bicyclic) bond motifs is 1. The van der Waals surface area contributed by atoms with Crippen LogP contribution in [0.5, 0.6) is 5.75 Å². The van der Waals surface area contributed by atoms with Gasteiger partial charge in [-0.25, -0.2) is 15.0 Å².